The Hall–Kier alpha value is -2.15. The van der Waals surface area contributed by atoms with Gasteiger partial charge in [0.1, 0.15) is 0 Å². The van der Waals surface area contributed by atoms with Gasteiger partial charge in [0.15, 0.2) is 0 Å². The predicted octanol–water partition coefficient (Wildman–Crippen LogP) is 2.61. The van der Waals surface area contributed by atoms with Crippen LogP contribution in [0.2, 0.25) is 0 Å². The van der Waals surface area contributed by atoms with Gasteiger partial charge in [0.05, 0.1) is 17.0 Å². The summed E-state index contributed by atoms with van der Waals surface area (Å²) in [5, 5.41) is 4.22. The molecule has 6 heteroatoms. The maximum absolute atomic E-state index is 12.9. The van der Waals surface area contributed by atoms with E-state index in [0.717, 1.165) is 17.5 Å². The van der Waals surface area contributed by atoms with Gasteiger partial charge < -0.3 is 10.1 Å². The van der Waals surface area contributed by atoms with Crippen LogP contribution < -0.4 is 5.32 Å². The maximum Gasteiger partial charge on any atom is 0.268 e. The van der Waals surface area contributed by atoms with Gasteiger partial charge in [-0.2, -0.15) is 0 Å². The Morgan fingerprint density at radius 3 is 2.58 bits per heavy atom. The third kappa shape index (κ3) is 3.21. The Bertz CT molecular complexity index is 918. The van der Waals surface area contributed by atoms with Crippen molar-refractivity contribution in [1.29, 1.82) is 0 Å². The number of fused-ring (bicyclic) bond motifs is 1. The fourth-order valence-corrected chi connectivity index (χ4v) is 4.04. The molecule has 1 N–H and O–H groups in total. The lowest BCUT2D eigenvalue weighted by Gasteiger charge is -2.09. The molecule has 126 valence electrons. The summed E-state index contributed by atoms with van der Waals surface area (Å²) in [5.41, 5.74) is 1.75. The summed E-state index contributed by atoms with van der Waals surface area (Å²) in [6, 6.07) is 16.0. The highest BCUT2D eigenvalue weighted by atomic mass is 32.2. The van der Waals surface area contributed by atoms with Gasteiger partial charge in [-0.3, -0.25) is 0 Å². The standard InChI is InChI=1S/C18H20N2O3S/c1-23-13-11-19-14-15-6-5-9-18-17(15)10-12-20(18)24(21,22)16-7-3-2-4-8-16/h2-10,12,19H,11,13-14H2,1H3. The number of methoxy groups -OCH3 is 1. The van der Waals surface area contributed by atoms with Gasteiger partial charge in [0.2, 0.25) is 0 Å². The molecular formula is C18H20N2O3S. The van der Waals surface area contributed by atoms with E-state index in [1.54, 1.807) is 43.6 Å². The SMILES string of the molecule is COCCNCc1cccc2c1ccn2S(=O)(=O)c1ccccc1. The van der Waals surface area contributed by atoms with Crippen molar-refractivity contribution in [3.05, 3.63) is 66.4 Å². The Labute approximate surface area is 141 Å². The van der Waals surface area contributed by atoms with E-state index < -0.39 is 10.0 Å². The zero-order chi connectivity index (χ0) is 17.0. The van der Waals surface area contributed by atoms with Gasteiger partial charge in [-0.1, -0.05) is 30.3 Å². The van der Waals surface area contributed by atoms with Crippen molar-refractivity contribution in [3.63, 3.8) is 0 Å². The predicted molar refractivity (Wildman–Crippen MR) is 94.5 cm³/mol. The molecule has 3 rings (SSSR count). The van der Waals surface area contributed by atoms with Crippen molar-refractivity contribution in [1.82, 2.24) is 9.29 Å². The number of benzene rings is 2. The minimum absolute atomic E-state index is 0.283. The molecule has 0 amide bonds. The van der Waals surface area contributed by atoms with E-state index in [4.69, 9.17) is 4.74 Å². The summed E-state index contributed by atoms with van der Waals surface area (Å²) >= 11 is 0. The van der Waals surface area contributed by atoms with Crippen molar-refractivity contribution in [2.75, 3.05) is 20.3 Å². The van der Waals surface area contributed by atoms with Gasteiger partial charge in [-0.15, -0.1) is 0 Å². The Morgan fingerprint density at radius 2 is 1.83 bits per heavy atom. The first-order valence-corrected chi connectivity index (χ1v) is 9.18. The molecule has 0 atom stereocenters. The van der Waals surface area contributed by atoms with E-state index in [0.29, 0.717) is 18.7 Å². The molecule has 0 bridgehead atoms. The van der Waals surface area contributed by atoms with Gasteiger partial charge in [0.25, 0.3) is 10.0 Å². The van der Waals surface area contributed by atoms with Crippen molar-refractivity contribution >= 4 is 20.9 Å². The van der Waals surface area contributed by atoms with Crippen LogP contribution in [0.25, 0.3) is 10.9 Å². The third-order valence-electron chi connectivity index (χ3n) is 3.89. The maximum atomic E-state index is 12.9. The Kier molecular flexibility index (Phi) is 4.99. The fourth-order valence-electron chi connectivity index (χ4n) is 2.67. The van der Waals surface area contributed by atoms with Crippen LogP contribution in [-0.2, 0) is 21.3 Å². The molecule has 0 radical (unpaired) electrons. The zero-order valence-corrected chi connectivity index (χ0v) is 14.3. The number of aromatic nitrogens is 1. The minimum Gasteiger partial charge on any atom is -0.383 e. The first kappa shape index (κ1) is 16.7. The first-order chi connectivity index (χ1) is 11.6. The average molecular weight is 344 g/mol. The molecule has 0 unspecified atom stereocenters. The number of hydrogen-bond donors (Lipinski definition) is 1. The lowest BCUT2D eigenvalue weighted by atomic mass is 10.1. The summed E-state index contributed by atoms with van der Waals surface area (Å²) in [6.07, 6.45) is 1.62. The first-order valence-electron chi connectivity index (χ1n) is 7.74. The lowest BCUT2D eigenvalue weighted by molar-refractivity contribution is 0.199. The second kappa shape index (κ2) is 7.17. The van der Waals surface area contributed by atoms with Gasteiger partial charge in [0, 0.05) is 31.8 Å². The van der Waals surface area contributed by atoms with Crippen molar-refractivity contribution in [2.24, 2.45) is 0 Å². The van der Waals surface area contributed by atoms with Crippen molar-refractivity contribution in [2.45, 2.75) is 11.4 Å². The number of rotatable bonds is 7. The molecule has 2 aromatic carbocycles. The molecule has 1 heterocycles. The van der Waals surface area contributed by atoms with Crippen LogP contribution in [0.3, 0.4) is 0 Å². The number of nitrogens with zero attached hydrogens (tertiary/aromatic N) is 1. The third-order valence-corrected chi connectivity index (χ3v) is 5.59. The zero-order valence-electron chi connectivity index (χ0n) is 13.5. The van der Waals surface area contributed by atoms with Crippen LogP contribution in [0.1, 0.15) is 5.56 Å². The van der Waals surface area contributed by atoms with Gasteiger partial charge in [-0.05, 0) is 29.8 Å². The molecule has 24 heavy (non-hydrogen) atoms. The van der Waals surface area contributed by atoms with E-state index in [1.165, 1.54) is 3.97 Å². The van der Waals surface area contributed by atoms with Crippen LogP contribution in [0.15, 0.2) is 65.7 Å². The molecule has 0 saturated carbocycles. The quantitative estimate of drug-likeness (QED) is 0.669. The van der Waals surface area contributed by atoms with Crippen LogP contribution in [0.5, 0.6) is 0 Å². The summed E-state index contributed by atoms with van der Waals surface area (Å²) in [6.45, 7) is 2.05. The van der Waals surface area contributed by atoms with Crippen LogP contribution in [-0.4, -0.2) is 32.7 Å². The normalized spacial score (nSPS) is 11.9. The second-order valence-electron chi connectivity index (χ2n) is 5.45. The fraction of sp³-hybridized carbons (Fsp3) is 0.222. The Morgan fingerprint density at radius 1 is 1.04 bits per heavy atom. The van der Waals surface area contributed by atoms with Crippen LogP contribution in [0, 0.1) is 0 Å². The molecule has 0 fully saturated rings. The van der Waals surface area contributed by atoms with E-state index in [-0.39, 0.29) is 4.90 Å². The molecule has 0 aliphatic carbocycles. The van der Waals surface area contributed by atoms with Crippen LogP contribution >= 0.6 is 0 Å². The molecule has 0 saturated heterocycles. The minimum atomic E-state index is -3.59. The lowest BCUT2D eigenvalue weighted by Crippen LogP contribution is -2.18. The number of nitrogens with one attached hydrogen (secondary N) is 1. The monoisotopic (exact) mass is 344 g/mol. The van der Waals surface area contributed by atoms with E-state index in [1.807, 2.05) is 24.3 Å². The van der Waals surface area contributed by atoms with E-state index >= 15 is 0 Å². The molecule has 0 aliphatic rings. The molecule has 5 nitrogen and oxygen atoms in total. The molecule has 1 aromatic heterocycles. The topological polar surface area (TPSA) is 60.3 Å². The number of hydrogen-bond acceptors (Lipinski definition) is 4. The molecule has 0 spiro atoms. The largest absolute Gasteiger partial charge is 0.383 e. The van der Waals surface area contributed by atoms with Crippen LogP contribution in [0.4, 0.5) is 0 Å². The molecular weight excluding hydrogens is 324 g/mol. The molecule has 3 aromatic rings. The van der Waals surface area contributed by atoms with Crippen molar-refractivity contribution in [3.8, 4) is 0 Å². The second-order valence-corrected chi connectivity index (χ2v) is 7.26. The summed E-state index contributed by atoms with van der Waals surface area (Å²) < 4.78 is 32.1. The Balaban J connectivity index is 1.97. The van der Waals surface area contributed by atoms with Crippen molar-refractivity contribution < 1.29 is 13.2 Å². The smallest absolute Gasteiger partial charge is 0.268 e. The highest BCUT2D eigenvalue weighted by molar-refractivity contribution is 7.90. The average Bonchev–Trinajstić information content (AvgIpc) is 3.05. The summed E-state index contributed by atoms with van der Waals surface area (Å²) in [5.74, 6) is 0. The number of ether oxygens (including phenoxy) is 1. The highest BCUT2D eigenvalue weighted by Crippen LogP contribution is 2.24. The summed E-state index contributed by atoms with van der Waals surface area (Å²) in [7, 11) is -1.93. The highest BCUT2D eigenvalue weighted by Gasteiger charge is 2.19. The molecule has 0 aliphatic heterocycles. The van der Waals surface area contributed by atoms with E-state index in [2.05, 4.69) is 5.32 Å². The van der Waals surface area contributed by atoms with Gasteiger partial charge in [-0.25, -0.2) is 12.4 Å². The summed E-state index contributed by atoms with van der Waals surface area (Å²) in [4.78, 5) is 0.283. The van der Waals surface area contributed by atoms with Gasteiger partial charge >= 0.3 is 0 Å². The van der Waals surface area contributed by atoms with E-state index in [9.17, 15) is 8.42 Å².